The molecule has 104 valence electrons. The van der Waals surface area contributed by atoms with Crippen LogP contribution in [0.15, 0.2) is 27.7 Å². The van der Waals surface area contributed by atoms with E-state index in [0.717, 1.165) is 12.8 Å². The lowest BCUT2D eigenvalue weighted by atomic mass is 10.3. The predicted molar refractivity (Wildman–Crippen MR) is 71.1 cm³/mol. The highest BCUT2D eigenvalue weighted by atomic mass is 32.2. The first kappa shape index (κ1) is 14.0. The second-order valence-corrected chi connectivity index (χ2v) is 6.20. The number of sulfonamides is 1. The average molecular weight is 283 g/mol. The van der Waals surface area contributed by atoms with Gasteiger partial charge in [0, 0.05) is 13.1 Å². The van der Waals surface area contributed by atoms with Crippen LogP contribution in [0.25, 0.3) is 11.0 Å². The van der Waals surface area contributed by atoms with Crippen molar-refractivity contribution < 1.29 is 13.0 Å². The van der Waals surface area contributed by atoms with E-state index in [2.05, 4.69) is 14.9 Å². The second-order valence-electron chi connectivity index (χ2n) is 4.29. The van der Waals surface area contributed by atoms with Crippen molar-refractivity contribution in [1.29, 1.82) is 0 Å². The number of fused-ring (bicyclic) bond motifs is 1. The Morgan fingerprint density at radius 3 is 2.47 bits per heavy atom. The van der Waals surface area contributed by atoms with Gasteiger partial charge in [0.2, 0.25) is 10.0 Å². The van der Waals surface area contributed by atoms with Crippen molar-refractivity contribution >= 4 is 21.1 Å². The smallest absolute Gasteiger partial charge is 0.243 e. The fraction of sp³-hybridized carbons (Fsp3) is 0.500. The van der Waals surface area contributed by atoms with E-state index in [1.807, 2.05) is 13.8 Å². The highest BCUT2D eigenvalue weighted by Gasteiger charge is 2.26. The molecule has 0 aliphatic heterocycles. The molecule has 7 heteroatoms. The molecule has 0 N–H and O–H groups in total. The molecule has 1 aromatic carbocycles. The van der Waals surface area contributed by atoms with Crippen LogP contribution in [0.5, 0.6) is 0 Å². The summed E-state index contributed by atoms with van der Waals surface area (Å²) >= 11 is 0. The summed E-state index contributed by atoms with van der Waals surface area (Å²) in [6.07, 6.45) is 1.54. The zero-order valence-electron chi connectivity index (χ0n) is 11.0. The van der Waals surface area contributed by atoms with E-state index < -0.39 is 10.0 Å². The first-order chi connectivity index (χ1) is 9.11. The molecule has 0 spiro atoms. The molecule has 6 nitrogen and oxygen atoms in total. The molecule has 0 amide bonds. The molecule has 0 unspecified atom stereocenters. The molecule has 2 rings (SSSR count). The third-order valence-corrected chi connectivity index (χ3v) is 4.74. The zero-order chi connectivity index (χ0) is 13.9. The zero-order valence-corrected chi connectivity index (χ0v) is 11.9. The molecule has 0 atom stereocenters. The quantitative estimate of drug-likeness (QED) is 0.810. The van der Waals surface area contributed by atoms with Gasteiger partial charge in [0.05, 0.1) is 0 Å². The minimum absolute atomic E-state index is 0.160. The number of hydrogen-bond donors (Lipinski definition) is 0. The lowest BCUT2D eigenvalue weighted by molar-refractivity contribution is 0.315. The van der Waals surface area contributed by atoms with E-state index >= 15 is 0 Å². The van der Waals surface area contributed by atoms with Crippen LogP contribution in [-0.2, 0) is 10.0 Å². The summed E-state index contributed by atoms with van der Waals surface area (Å²) in [7, 11) is -3.55. The highest BCUT2D eigenvalue weighted by Crippen LogP contribution is 2.23. The van der Waals surface area contributed by atoms with Crippen LogP contribution in [-0.4, -0.2) is 36.1 Å². The first-order valence-corrected chi connectivity index (χ1v) is 7.76. The van der Waals surface area contributed by atoms with Crippen molar-refractivity contribution in [1.82, 2.24) is 14.6 Å². The fourth-order valence-corrected chi connectivity index (χ4v) is 3.74. The molecule has 0 fully saturated rings. The number of hydrogen-bond acceptors (Lipinski definition) is 5. The van der Waals surface area contributed by atoms with Gasteiger partial charge in [-0.15, -0.1) is 0 Å². The third-order valence-electron chi connectivity index (χ3n) is 2.81. The van der Waals surface area contributed by atoms with Crippen LogP contribution >= 0.6 is 0 Å². The molecule has 1 aromatic heterocycles. The summed E-state index contributed by atoms with van der Waals surface area (Å²) in [4.78, 5) is 0.160. The number of rotatable bonds is 6. The van der Waals surface area contributed by atoms with Crippen LogP contribution < -0.4 is 0 Å². The molecule has 1 heterocycles. The lowest BCUT2D eigenvalue weighted by Crippen LogP contribution is -2.32. The second kappa shape index (κ2) is 5.66. The van der Waals surface area contributed by atoms with Crippen molar-refractivity contribution in [3.63, 3.8) is 0 Å². The minimum Gasteiger partial charge on any atom is -0.243 e. The maximum atomic E-state index is 12.6. The van der Waals surface area contributed by atoms with Crippen LogP contribution in [0.2, 0.25) is 0 Å². The van der Waals surface area contributed by atoms with Crippen molar-refractivity contribution in [3.8, 4) is 0 Å². The Labute approximate surface area is 112 Å². The minimum atomic E-state index is -3.55. The van der Waals surface area contributed by atoms with Crippen LogP contribution in [0.3, 0.4) is 0 Å². The standard InChI is InChI=1S/C12H17N3O3S/c1-3-8-15(9-4-2)19(16,17)11-7-5-6-10-12(11)14-18-13-10/h5-7H,3-4,8-9H2,1-2H3. The molecule has 0 saturated carbocycles. The monoisotopic (exact) mass is 283 g/mol. The van der Waals surface area contributed by atoms with Gasteiger partial charge in [-0.25, -0.2) is 13.0 Å². The van der Waals surface area contributed by atoms with Gasteiger partial charge in [-0.3, -0.25) is 0 Å². The topological polar surface area (TPSA) is 76.3 Å². The largest absolute Gasteiger partial charge is 0.245 e. The molecule has 19 heavy (non-hydrogen) atoms. The highest BCUT2D eigenvalue weighted by molar-refractivity contribution is 7.89. The SMILES string of the molecule is CCCN(CCC)S(=O)(=O)c1cccc2nonc12. The summed E-state index contributed by atoms with van der Waals surface area (Å²) in [6, 6.07) is 4.87. The molecule has 0 radical (unpaired) electrons. The summed E-state index contributed by atoms with van der Waals surface area (Å²) < 4.78 is 31.4. The Hall–Kier alpha value is -1.47. The maximum Gasteiger partial charge on any atom is 0.245 e. The van der Waals surface area contributed by atoms with Gasteiger partial charge < -0.3 is 0 Å². The van der Waals surface area contributed by atoms with Crippen LogP contribution in [0.4, 0.5) is 0 Å². The van der Waals surface area contributed by atoms with E-state index in [4.69, 9.17) is 0 Å². The molecular weight excluding hydrogens is 266 g/mol. The Balaban J connectivity index is 2.50. The van der Waals surface area contributed by atoms with E-state index in [0.29, 0.717) is 24.1 Å². The fourth-order valence-electron chi connectivity index (χ4n) is 1.98. The summed E-state index contributed by atoms with van der Waals surface area (Å²) in [5.41, 5.74) is 0.744. The van der Waals surface area contributed by atoms with E-state index in [1.54, 1.807) is 18.2 Å². The van der Waals surface area contributed by atoms with Gasteiger partial charge in [0.15, 0.2) is 5.52 Å². The molecule has 0 saturated heterocycles. The normalized spacial score (nSPS) is 12.4. The Bertz CT molecular complexity index is 645. The molecule has 0 aliphatic carbocycles. The van der Waals surface area contributed by atoms with Gasteiger partial charge in [-0.2, -0.15) is 4.31 Å². The van der Waals surface area contributed by atoms with Crippen LogP contribution in [0, 0.1) is 0 Å². The van der Waals surface area contributed by atoms with Crippen LogP contribution in [0.1, 0.15) is 26.7 Å². The van der Waals surface area contributed by atoms with Gasteiger partial charge in [-0.05, 0) is 35.3 Å². The molecule has 0 bridgehead atoms. The molecule has 0 aliphatic rings. The first-order valence-electron chi connectivity index (χ1n) is 6.32. The molecule has 2 aromatic rings. The van der Waals surface area contributed by atoms with Gasteiger partial charge in [-0.1, -0.05) is 19.9 Å². The molecular formula is C12H17N3O3S. The predicted octanol–water partition coefficient (Wildman–Crippen LogP) is 2.03. The number of aromatic nitrogens is 2. The number of nitrogens with zero attached hydrogens (tertiary/aromatic N) is 3. The Kier molecular flexibility index (Phi) is 4.16. The summed E-state index contributed by atoms with van der Waals surface area (Å²) in [6.45, 7) is 4.91. The van der Waals surface area contributed by atoms with E-state index in [1.165, 1.54) is 4.31 Å². The van der Waals surface area contributed by atoms with Gasteiger partial charge in [0.25, 0.3) is 0 Å². The maximum absolute atomic E-state index is 12.6. The van der Waals surface area contributed by atoms with Gasteiger partial charge >= 0.3 is 0 Å². The van der Waals surface area contributed by atoms with Gasteiger partial charge in [0.1, 0.15) is 10.4 Å². The van der Waals surface area contributed by atoms with E-state index in [-0.39, 0.29) is 4.90 Å². The Morgan fingerprint density at radius 1 is 1.16 bits per heavy atom. The van der Waals surface area contributed by atoms with Crippen molar-refractivity contribution in [2.75, 3.05) is 13.1 Å². The number of benzene rings is 1. The van der Waals surface area contributed by atoms with E-state index in [9.17, 15) is 8.42 Å². The summed E-state index contributed by atoms with van der Waals surface area (Å²) in [5, 5.41) is 7.37. The third kappa shape index (κ3) is 2.62. The lowest BCUT2D eigenvalue weighted by Gasteiger charge is -2.20. The summed E-state index contributed by atoms with van der Waals surface area (Å²) in [5.74, 6) is 0. The van der Waals surface area contributed by atoms with Crippen molar-refractivity contribution in [2.24, 2.45) is 0 Å². The van der Waals surface area contributed by atoms with Crippen molar-refractivity contribution in [2.45, 2.75) is 31.6 Å². The Morgan fingerprint density at radius 2 is 1.84 bits per heavy atom. The van der Waals surface area contributed by atoms with Crippen molar-refractivity contribution in [3.05, 3.63) is 18.2 Å². The average Bonchev–Trinajstić information content (AvgIpc) is 2.86.